The minimum absolute atomic E-state index is 0.0235. The molecule has 0 radical (unpaired) electrons. The lowest BCUT2D eigenvalue weighted by molar-refractivity contribution is 0.0697. The fourth-order valence-electron chi connectivity index (χ4n) is 3.34. The van der Waals surface area contributed by atoms with Crippen molar-refractivity contribution in [2.45, 2.75) is 25.7 Å². The lowest BCUT2D eigenvalue weighted by atomic mass is 9.97. The second-order valence-electron chi connectivity index (χ2n) is 6.25. The first-order valence-corrected chi connectivity index (χ1v) is 9.20. The molecule has 0 saturated carbocycles. The summed E-state index contributed by atoms with van der Waals surface area (Å²) in [4.78, 5) is 19.6. The van der Waals surface area contributed by atoms with Gasteiger partial charge in [0.05, 0.1) is 10.6 Å². The first-order chi connectivity index (χ1) is 11.7. The highest BCUT2D eigenvalue weighted by Gasteiger charge is 2.30. The van der Waals surface area contributed by atoms with Gasteiger partial charge in [0.25, 0.3) is 5.91 Å². The topological polar surface area (TPSA) is 51.7 Å². The van der Waals surface area contributed by atoms with Gasteiger partial charge in [-0.1, -0.05) is 6.07 Å². The predicted molar refractivity (Wildman–Crippen MR) is 92.2 cm³/mol. The number of nitrogens with zero attached hydrogens (tertiary/aromatic N) is 2. The summed E-state index contributed by atoms with van der Waals surface area (Å²) in [6, 6.07) is 5.53. The number of benzene rings is 1. The van der Waals surface area contributed by atoms with E-state index in [1.165, 1.54) is 0 Å². The summed E-state index contributed by atoms with van der Waals surface area (Å²) >= 11 is 1.69. The van der Waals surface area contributed by atoms with Crippen molar-refractivity contribution >= 4 is 17.2 Å². The van der Waals surface area contributed by atoms with Crippen LogP contribution < -0.4 is 9.47 Å². The van der Waals surface area contributed by atoms with Gasteiger partial charge < -0.3 is 14.4 Å². The van der Waals surface area contributed by atoms with Gasteiger partial charge in [0, 0.05) is 30.1 Å². The minimum Gasteiger partial charge on any atom is -0.486 e. The number of likely N-dealkylation sites (tertiary alicyclic amines) is 1. The third-order valence-electron chi connectivity index (χ3n) is 4.49. The van der Waals surface area contributed by atoms with E-state index in [1.54, 1.807) is 11.3 Å². The van der Waals surface area contributed by atoms with Crippen molar-refractivity contribution in [3.05, 3.63) is 39.8 Å². The largest absolute Gasteiger partial charge is 0.486 e. The highest BCUT2D eigenvalue weighted by molar-refractivity contribution is 7.09. The average molecular weight is 344 g/mol. The lowest BCUT2D eigenvalue weighted by Gasteiger charge is -2.32. The summed E-state index contributed by atoms with van der Waals surface area (Å²) in [5.74, 6) is 1.60. The van der Waals surface area contributed by atoms with Crippen LogP contribution in [0.5, 0.6) is 11.5 Å². The number of aromatic nitrogens is 1. The molecule has 3 heterocycles. The Hall–Kier alpha value is -2.08. The van der Waals surface area contributed by atoms with E-state index < -0.39 is 0 Å². The zero-order valence-corrected chi connectivity index (χ0v) is 14.5. The number of thiazole rings is 1. The van der Waals surface area contributed by atoms with Gasteiger partial charge in [-0.15, -0.1) is 11.3 Å². The number of piperidine rings is 1. The van der Waals surface area contributed by atoms with Crippen molar-refractivity contribution in [3.63, 3.8) is 0 Å². The van der Waals surface area contributed by atoms with Crippen LogP contribution in [-0.4, -0.2) is 42.1 Å². The van der Waals surface area contributed by atoms with Crippen LogP contribution in [0, 0.1) is 6.92 Å². The van der Waals surface area contributed by atoms with Crippen LogP contribution in [0.25, 0.3) is 0 Å². The van der Waals surface area contributed by atoms with E-state index >= 15 is 0 Å². The number of hydrogen-bond donors (Lipinski definition) is 0. The molecular weight excluding hydrogens is 324 g/mol. The number of para-hydroxylation sites is 1. The molecule has 1 fully saturated rings. The van der Waals surface area contributed by atoms with Crippen molar-refractivity contribution < 1.29 is 14.3 Å². The summed E-state index contributed by atoms with van der Waals surface area (Å²) in [7, 11) is 0. The number of aryl methyl sites for hydroxylation is 1. The average Bonchev–Trinajstić information content (AvgIpc) is 3.07. The molecule has 0 N–H and O–H groups in total. The second kappa shape index (κ2) is 6.43. The van der Waals surface area contributed by atoms with E-state index in [0.717, 1.165) is 36.6 Å². The molecule has 1 aromatic heterocycles. The van der Waals surface area contributed by atoms with Gasteiger partial charge in [-0.2, -0.15) is 0 Å². The molecule has 126 valence electrons. The van der Waals surface area contributed by atoms with Crippen LogP contribution in [0.2, 0.25) is 0 Å². The molecule has 2 aliphatic rings. The number of carbonyl (C=O) groups excluding carboxylic acids is 1. The standard InChI is InChI=1S/C18H20N2O3S/c1-12-11-24-17(19-12)13-4-3-7-20(10-13)18(21)14-5-2-6-15-16(14)23-9-8-22-15/h2,5-6,11,13H,3-4,7-10H2,1H3/t13-/m1/s1. The Labute approximate surface area is 145 Å². The van der Waals surface area contributed by atoms with E-state index in [2.05, 4.69) is 10.4 Å². The molecule has 2 aliphatic heterocycles. The molecule has 0 bridgehead atoms. The normalized spacial score (nSPS) is 20.0. The quantitative estimate of drug-likeness (QED) is 0.839. The molecular formula is C18H20N2O3S. The first kappa shape index (κ1) is 15.4. The van der Waals surface area contributed by atoms with Crippen LogP contribution in [0.15, 0.2) is 23.6 Å². The van der Waals surface area contributed by atoms with E-state index in [0.29, 0.717) is 36.2 Å². The van der Waals surface area contributed by atoms with E-state index in [9.17, 15) is 4.79 Å². The van der Waals surface area contributed by atoms with Gasteiger partial charge in [0.1, 0.15) is 13.2 Å². The molecule has 1 saturated heterocycles. The molecule has 0 unspecified atom stereocenters. The fraction of sp³-hybridized carbons (Fsp3) is 0.444. The third kappa shape index (κ3) is 2.86. The van der Waals surface area contributed by atoms with Crippen molar-refractivity contribution in [1.82, 2.24) is 9.88 Å². The van der Waals surface area contributed by atoms with Gasteiger partial charge >= 0.3 is 0 Å². The van der Waals surface area contributed by atoms with E-state index in [-0.39, 0.29) is 5.91 Å². The Bertz CT molecular complexity index is 758. The Morgan fingerprint density at radius 1 is 1.33 bits per heavy atom. The summed E-state index contributed by atoms with van der Waals surface area (Å²) in [6.07, 6.45) is 2.09. The van der Waals surface area contributed by atoms with Crippen molar-refractivity contribution in [1.29, 1.82) is 0 Å². The Morgan fingerprint density at radius 3 is 3.04 bits per heavy atom. The SMILES string of the molecule is Cc1csc([C@@H]2CCCN(C(=O)c3cccc4c3OCCO4)C2)n1. The van der Waals surface area contributed by atoms with Gasteiger partial charge in [-0.25, -0.2) is 4.98 Å². The van der Waals surface area contributed by atoms with E-state index in [4.69, 9.17) is 9.47 Å². The van der Waals surface area contributed by atoms with Gasteiger partial charge in [0.15, 0.2) is 11.5 Å². The number of carbonyl (C=O) groups is 1. The van der Waals surface area contributed by atoms with Crippen LogP contribution in [0.4, 0.5) is 0 Å². The van der Waals surface area contributed by atoms with Crippen LogP contribution >= 0.6 is 11.3 Å². The second-order valence-corrected chi connectivity index (χ2v) is 7.14. The Balaban J connectivity index is 1.56. The van der Waals surface area contributed by atoms with Gasteiger partial charge in [-0.3, -0.25) is 4.79 Å². The molecule has 4 rings (SSSR count). The first-order valence-electron chi connectivity index (χ1n) is 8.32. The predicted octanol–water partition coefficient (Wildman–Crippen LogP) is 3.24. The molecule has 5 nitrogen and oxygen atoms in total. The van der Waals surface area contributed by atoms with Crippen molar-refractivity contribution in [3.8, 4) is 11.5 Å². The molecule has 1 atom stereocenters. The lowest BCUT2D eigenvalue weighted by Crippen LogP contribution is -2.39. The smallest absolute Gasteiger partial charge is 0.257 e. The third-order valence-corrected chi connectivity index (χ3v) is 5.62. The molecule has 24 heavy (non-hydrogen) atoms. The number of amides is 1. The summed E-state index contributed by atoms with van der Waals surface area (Å²) in [5.41, 5.74) is 1.66. The van der Waals surface area contributed by atoms with Gasteiger partial charge in [-0.05, 0) is 31.9 Å². The number of rotatable bonds is 2. The number of ether oxygens (including phenoxy) is 2. The Morgan fingerprint density at radius 2 is 2.21 bits per heavy atom. The van der Waals surface area contributed by atoms with Crippen molar-refractivity contribution in [2.75, 3.05) is 26.3 Å². The minimum atomic E-state index is 0.0235. The zero-order chi connectivity index (χ0) is 16.5. The summed E-state index contributed by atoms with van der Waals surface area (Å²) in [6.45, 7) is 4.53. The van der Waals surface area contributed by atoms with Crippen LogP contribution in [0.1, 0.15) is 39.8 Å². The maximum atomic E-state index is 13.0. The molecule has 0 spiro atoms. The number of fused-ring (bicyclic) bond motifs is 1. The molecule has 2 aromatic rings. The molecule has 6 heteroatoms. The van der Waals surface area contributed by atoms with Crippen LogP contribution in [0.3, 0.4) is 0 Å². The molecule has 1 aromatic carbocycles. The summed E-state index contributed by atoms with van der Waals surface area (Å²) in [5, 5.41) is 3.22. The summed E-state index contributed by atoms with van der Waals surface area (Å²) < 4.78 is 11.3. The maximum absolute atomic E-state index is 13.0. The molecule has 0 aliphatic carbocycles. The van der Waals surface area contributed by atoms with Crippen molar-refractivity contribution in [2.24, 2.45) is 0 Å². The molecule has 1 amide bonds. The Kier molecular flexibility index (Phi) is 4.14. The monoisotopic (exact) mass is 344 g/mol. The zero-order valence-electron chi connectivity index (χ0n) is 13.7. The highest BCUT2D eigenvalue weighted by Crippen LogP contribution is 2.36. The van der Waals surface area contributed by atoms with Crippen LogP contribution in [-0.2, 0) is 0 Å². The fourth-order valence-corrected chi connectivity index (χ4v) is 4.26. The highest BCUT2D eigenvalue weighted by atomic mass is 32.1. The van der Waals surface area contributed by atoms with E-state index in [1.807, 2.05) is 30.0 Å². The maximum Gasteiger partial charge on any atom is 0.257 e. The van der Waals surface area contributed by atoms with Gasteiger partial charge in [0.2, 0.25) is 0 Å². The number of hydrogen-bond acceptors (Lipinski definition) is 5.